The highest BCUT2D eigenvalue weighted by molar-refractivity contribution is 6.22. The molecule has 0 amide bonds. The molecule has 3 fully saturated rings. The van der Waals surface area contributed by atoms with Gasteiger partial charge in [-0.2, -0.15) is 0 Å². The monoisotopic (exact) mass is 304 g/mol. The predicted octanol–water partition coefficient (Wildman–Crippen LogP) is 0.850. The molecule has 1 aliphatic carbocycles. The molecule has 0 radical (unpaired) electrons. The summed E-state index contributed by atoms with van der Waals surface area (Å²) in [6, 6.07) is 0. The summed E-state index contributed by atoms with van der Waals surface area (Å²) in [5.74, 6) is -1.01. The van der Waals surface area contributed by atoms with Crippen LogP contribution in [0.5, 0.6) is 0 Å². The molecule has 1 saturated carbocycles. The molecule has 0 aromatic rings. The van der Waals surface area contributed by atoms with E-state index in [0.717, 1.165) is 0 Å². The third kappa shape index (κ3) is 1.93. The van der Waals surface area contributed by atoms with E-state index < -0.39 is 29.3 Å². The number of carbonyl (C=O) groups is 2. The van der Waals surface area contributed by atoms with Crippen molar-refractivity contribution in [2.45, 2.75) is 43.6 Å². The molecular formula is C13H17ClO6. The van der Waals surface area contributed by atoms with E-state index in [1.165, 1.54) is 13.8 Å². The highest BCUT2D eigenvalue weighted by atomic mass is 35.5. The van der Waals surface area contributed by atoms with Crippen LogP contribution < -0.4 is 0 Å². The van der Waals surface area contributed by atoms with Gasteiger partial charge in [-0.15, -0.1) is 11.6 Å². The maximum absolute atomic E-state index is 11.4. The topological polar surface area (TPSA) is 71.1 Å². The van der Waals surface area contributed by atoms with Gasteiger partial charge in [-0.25, -0.2) is 0 Å². The number of ether oxygens (including phenoxy) is 4. The van der Waals surface area contributed by atoms with Crippen molar-refractivity contribution in [3.05, 3.63) is 0 Å². The van der Waals surface area contributed by atoms with Gasteiger partial charge >= 0.3 is 11.9 Å². The quantitative estimate of drug-likeness (QED) is 0.556. The Labute approximate surface area is 121 Å². The molecule has 0 N–H and O–H groups in total. The number of alkyl halides is 1. The molecule has 6 atom stereocenters. The van der Waals surface area contributed by atoms with Crippen molar-refractivity contribution in [3.8, 4) is 0 Å². The van der Waals surface area contributed by atoms with Crippen molar-refractivity contribution in [2.24, 2.45) is 11.8 Å². The molecule has 2 heterocycles. The third-order valence-corrected chi connectivity index (χ3v) is 4.96. The highest BCUT2D eigenvalue weighted by Gasteiger charge is 2.70. The maximum Gasteiger partial charge on any atom is 0.303 e. The van der Waals surface area contributed by atoms with Gasteiger partial charge in [-0.05, 0) is 6.42 Å². The molecule has 7 heteroatoms. The molecule has 0 aromatic carbocycles. The Bertz CT molecular complexity index is 441. The second-order valence-corrected chi connectivity index (χ2v) is 6.02. The molecule has 0 aromatic heterocycles. The minimum Gasteiger partial charge on any atom is -0.461 e. The average molecular weight is 305 g/mol. The molecule has 6 nitrogen and oxygen atoms in total. The third-order valence-electron chi connectivity index (χ3n) is 4.34. The Balaban J connectivity index is 1.96. The van der Waals surface area contributed by atoms with Gasteiger partial charge in [0.2, 0.25) is 0 Å². The fraction of sp³-hybridized carbons (Fsp3) is 0.846. The lowest BCUT2D eigenvalue weighted by Crippen LogP contribution is -2.48. The van der Waals surface area contributed by atoms with Crippen LogP contribution in [-0.2, 0) is 28.5 Å². The molecular weight excluding hydrogens is 288 g/mol. The lowest BCUT2D eigenvalue weighted by Gasteiger charge is -2.34. The van der Waals surface area contributed by atoms with Crippen LogP contribution in [0.1, 0.15) is 20.3 Å². The van der Waals surface area contributed by atoms with Gasteiger partial charge < -0.3 is 18.9 Å². The zero-order valence-electron chi connectivity index (χ0n) is 11.3. The van der Waals surface area contributed by atoms with E-state index in [-0.39, 0.29) is 24.4 Å². The normalized spacial score (nSPS) is 45.9. The summed E-state index contributed by atoms with van der Waals surface area (Å²) in [5, 5.41) is -0.628. The minimum absolute atomic E-state index is 0.0120. The van der Waals surface area contributed by atoms with Crippen molar-refractivity contribution < 1.29 is 28.5 Å². The number of hydrogen-bond acceptors (Lipinski definition) is 6. The summed E-state index contributed by atoms with van der Waals surface area (Å²) >= 11 is 6.50. The van der Waals surface area contributed by atoms with E-state index in [0.29, 0.717) is 13.0 Å². The molecule has 0 bridgehead atoms. The van der Waals surface area contributed by atoms with E-state index in [1.807, 2.05) is 0 Å². The van der Waals surface area contributed by atoms with Crippen molar-refractivity contribution in [3.63, 3.8) is 0 Å². The van der Waals surface area contributed by atoms with Crippen molar-refractivity contribution >= 4 is 23.5 Å². The number of esters is 2. The van der Waals surface area contributed by atoms with E-state index in [9.17, 15) is 9.59 Å². The first kappa shape index (κ1) is 14.1. The van der Waals surface area contributed by atoms with Gasteiger partial charge in [0.1, 0.15) is 11.5 Å². The first-order valence-electron chi connectivity index (χ1n) is 6.70. The molecule has 3 aliphatic rings. The Morgan fingerprint density at radius 3 is 2.65 bits per heavy atom. The molecule has 20 heavy (non-hydrogen) atoms. The Hall–Kier alpha value is -0.850. The fourth-order valence-electron chi connectivity index (χ4n) is 3.75. The van der Waals surface area contributed by atoms with Gasteiger partial charge in [0, 0.05) is 19.8 Å². The second kappa shape index (κ2) is 4.86. The summed E-state index contributed by atoms with van der Waals surface area (Å²) in [7, 11) is 0. The van der Waals surface area contributed by atoms with Crippen LogP contribution >= 0.6 is 11.6 Å². The minimum atomic E-state index is -0.969. The number of halogens is 1. The van der Waals surface area contributed by atoms with E-state index in [2.05, 4.69) is 0 Å². The van der Waals surface area contributed by atoms with Crippen LogP contribution in [-0.4, -0.2) is 48.5 Å². The summed E-state index contributed by atoms with van der Waals surface area (Å²) in [6.07, 6.45) is -0.224. The van der Waals surface area contributed by atoms with Crippen LogP contribution in [0.15, 0.2) is 0 Å². The largest absolute Gasteiger partial charge is 0.461 e. The summed E-state index contributed by atoms with van der Waals surface area (Å²) in [6.45, 7) is 3.38. The smallest absolute Gasteiger partial charge is 0.303 e. The van der Waals surface area contributed by atoms with Gasteiger partial charge in [0.25, 0.3) is 0 Å². The lowest BCUT2D eigenvalue weighted by atomic mass is 9.84. The second-order valence-electron chi connectivity index (χ2n) is 5.55. The lowest BCUT2D eigenvalue weighted by molar-refractivity contribution is -0.182. The standard InChI is InChI=1S/C13H17ClO6/c1-6(15)19-10-8-3-4-17-12-9(8)13(5-18-12,11(10)14)20-7(2)16/h8-12H,3-5H2,1-2H3/t8-,9-,10+,11-,12-,13-/m1/s1. The fourth-order valence-corrected chi connectivity index (χ4v) is 4.24. The Morgan fingerprint density at radius 2 is 2.00 bits per heavy atom. The number of hydrogen-bond donors (Lipinski definition) is 0. The molecule has 112 valence electrons. The average Bonchev–Trinajstić information content (AvgIpc) is 2.83. The number of rotatable bonds is 2. The molecule has 2 saturated heterocycles. The highest BCUT2D eigenvalue weighted by Crippen LogP contribution is 2.56. The van der Waals surface area contributed by atoms with Crippen LogP contribution in [0, 0.1) is 11.8 Å². The van der Waals surface area contributed by atoms with Crippen molar-refractivity contribution in [2.75, 3.05) is 13.2 Å². The van der Waals surface area contributed by atoms with Gasteiger partial charge in [-0.3, -0.25) is 9.59 Å². The molecule has 2 aliphatic heterocycles. The van der Waals surface area contributed by atoms with E-state index >= 15 is 0 Å². The summed E-state index contributed by atoms with van der Waals surface area (Å²) in [4.78, 5) is 22.7. The van der Waals surface area contributed by atoms with E-state index in [4.69, 9.17) is 30.5 Å². The zero-order valence-corrected chi connectivity index (χ0v) is 12.1. The molecule has 0 unspecified atom stereocenters. The summed E-state index contributed by atoms with van der Waals surface area (Å²) < 4.78 is 22.1. The van der Waals surface area contributed by atoms with Crippen LogP contribution in [0.25, 0.3) is 0 Å². The van der Waals surface area contributed by atoms with Crippen LogP contribution in [0.2, 0.25) is 0 Å². The maximum atomic E-state index is 11.4. The number of carbonyl (C=O) groups excluding carboxylic acids is 2. The Kier molecular flexibility index (Phi) is 3.43. The van der Waals surface area contributed by atoms with E-state index in [1.54, 1.807) is 0 Å². The van der Waals surface area contributed by atoms with Crippen LogP contribution in [0.4, 0.5) is 0 Å². The molecule has 0 spiro atoms. The van der Waals surface area contributed by atoms with Crippen LogP contribution in [0.3, 0.4) is 0 Å². The Morgan fingerprint density at radius 1 is 1.25 bits per heavy atom. The first-order chi connectivity index (χ1) is 9.45. The predicted molar refractivity (Wildman–Crippen MR) is 67.0 cm³/mol. The van der Waals surface area contributed by atoms with Gasteiger partial charge in [0.05, 0.1) is 19.1 Å². The van der Waals surface area contributed by atoms with Crippen molar-refractivity contribution in [1.29, 1.82) is 0 Å². The van der Waals surface area contributed by atoms with Crippen molar-refractivity contribution in [1.82, 2.24) is 0 Å². The van der Waals surface area contributed by atoms with Gasteiger partial charge in [-0.1, -0.05) is 0 Å². The summed E-state index contributed by atoms with van der Waals surface area (Å²) in [5.41, 5.74) is -0.969. The zero-order chi connectivity index (χ0) is 14.5. The molecule has 3 rings (SSSR count). The SMILES string of the molecule is CC(=O)O[C@H]1[C@@H]2CCO[C@@H]3OC[C@@](OC(C)=O)([C@@H]32)[C@@H]1Cl. The van der Waals surface area contributed by atoms with Gasteiger partial charge in [0.15, 0.2) is 11.9 Å². The first-order valence-corrected chi connectivity index (χ1v) is 7.13.